The molecule has 1 aliphatic heterocycles. The van der Waals surface area contributed by atoms with Gasteiger partial charge in [-0.1, -0.05) is 29.8 Å². The number of amides is 1. The Hall–Kier alpha value is -3.03. The Bertz CT molecular complexity index is 1240. The van der Waals surface area contributed by atoms with Crippen molar-refractivity contribution in [2.24, 2.45) is 0 Å². The number of rotatable bonds is 5. The molecule has 6 nitrogen and oxygen atoms in total. The van der Waals surface area contributed by atoms with Crippen molar-refractivity contribution in [1.29, 1.82) is 0 Å². The molecule has 1 unspecified atom stereocenters. The Balaban J connectivity index is 1.44. The molecule has 3 aromatic carbocycles. The Kier molecular flexibility index (Phi) is 5.64. The van der Waals surface area contributed by atoms with Gasteiger partial charge in [0.05, 0.1) is 10.6 Å². The van der Waals surface area contributed by atoms with Gasteiger partial charge in [-0.3, -0.25) is 9.52 Å². The number of carbonyl (C=O) groups is 1. The lowest BCUT2D eigenvalue weighted by molar-refractivity contribution is -0.122. The summed E-state index contributed by atoms with van der Waals surface area (Å²) in [5.74, 6) is 0.333. The molecule has 1 amide bonds. The van der Waals surface area contributed by atoms with Crippen LogP contribution in [0.1, 0.15) is 16.7 Å². The highest BCUT2D eigenvalue weighted by Gasteiger charge is 2.29. The molecule has 0 aliphatic carbocycles. The number of benzene rings is 3. The average Bonchev–Trinajstić information content (AvgIpc) is 3.15. The molecule has 1 heterocycles. The predicted octanol–water partition coefficient (Wildman–Crippen LogP) is 4.70. The van der Waals surface area contributed by atoms with Gasteiger partial charge in [0.15, 0.2) is 6.10 Å². The van der Waals surface area contributed by atoms with Crippen molar-refractivity contribution in [2.45, 2.75) is 31.3 Å². The van der Waals surface area contributed by atoms with E-state index in [4.69, 9.17) is 16.3 Å². The first-order valence-electron chi connectivity index (χ1n) is 9.68. The van der Waals surface area contributed by atoms with E-state index in [0.717, 1.165) is 16.7 Å². The summed E-state index contributed by atoms with van der Waals surface area (Å²) in [5, 5.41) is 3.36. The van der Waals surface area contributed by atoms with Crippen molar-refractivity contribution >= 4 is 38.9 Å². The number of nitrogens with one attached hydrogen (secondary N) is 2. The zero-order valence-corrected chi connectivity index (χ0v) is 18.5. The molecule has 0 bridgehead atoms. The van der Waals surface area contributed by atoms with Crippen molar-refractivity contribution in [3.8, 4) is 5.75 Å². The number of para-hydroxylation sites is 1. The van der Waals surface area contributed by atoms with E-state index in [-0.39, 0.29) is 10.8 Å². The molecule has 0 radical (unpaired) electrons. The maximum atomic E-state index is 12.8. The first-order chi connectivity index (χ1) is 14.7. The molecule has 0 aromatic heterocycles. The van der Waals surface area contributed by atoms with Gasteiger partial charge in [-0.15, -0.1) is 0 Å². The fourth-order valence-electron chi connectivity index (χ4n) is 3.47. The molecule has 2 N–H and O–H groups in total. The van der Waals surface area contributed by atoms with Crippen LogP contribution in [0.4, 0.5) is 11.4 Å². The van der Waals surface area contributed by atoms with Gasteiger partial charge in [-0.25, -0.2) is 8.42 Å². The van der Waals surface area contributed by atoms with Crippen molar-refractivity contribution in [3.63, 3.8) is 0 Å². The average molecular weight is 457 g/mol. The maximum Gasteiger partial charge on any atom is 0.265 e. The van der Waals surface area contributed by atoms with E-state index >= 15 is 0 Å². The third-order valence-corrected chi connectivity index (χ3v) is 6.74. The zero-order chi connectivity index (χ0) is 22.2. The van der Waals surface area contributed by atoms with Crippen LogP contribution in [0.3, 0.4) is 0 Å². The lowest BCUT2D eigenvalue weighted by Crippen LogP contribution is -2.31. The summed E-state index contributed by atoms with van der Waals surface area (Å²) in [7, 11) is -3.76. The normalized spacial score (nSPS) is 15.1. The minimum absolute atomic E-state index is 0.104. The molecule has 0 saturated heterocycles. The van der Waals surface area contributed by atoms with E-state index in [1.54, 1.807) is 30.3 Å². The van der Waals surface area contributed by atoms with Gasteiger partial charge in [0.25, 0.3) is 15.9 Å². The third kappa shape index (κ3) is 4.52. The number of carbonyl (C=O) groups excluding carboxylic acids is 1. The molecule has 4 rings (SSSR count). The number of hydrogen-bond donors (Lipinski definition) is 2. The molecular formula is C23H21ClN2O4S. The van der Waals surface area contributed by atoms with E-state index < -0.39 is 16.1 Å². The molecule has 0 spiro atoms. The van der Waals surface area contributed by atoms with Crippen LogP contribution in [0.15, 0.2) is 65.6 Å². The topological polar surface area (TPSA) is 84.5 Å². The lowest BCUT2D eigenvalue weighted by atomic mass is 10.1. The molecule has 0 fully saturated rings. The number of hydrogen-bond acceptors (Lipinski definition) is 4. The van der Waals surface area contributed by atoms with Crippen LogP contribution in [0.25, 0.3) is 0 Å². The quantitative estimate of drug-likeness (QED) is 0.582. The number of fused-ring (bicyclic) bond motifs is 1. The minimum Gasteiger partial charge on any atom is -0.480 e. The fourth-order valence-corrected chi connectivity index (χ4v) is 4.87. The van der Waals surface area contributed by atoms with Crippen molar-refractivity contribution in [3.05, 3.63) is 82.4 Å². The summed E-state index contributed by atoms with van der Waals surface area (Å²) in [6.45, 7) is 3.70. The van der Waals surface area contributed by atoms with Crippen LogP contribution in [0.2, 0.25) is 5.02 Å². The highest BCUT2D eigenvalue weighted by Crippen LogP contribution is 2.31. The smallest absolute Gasteiger partial charge is 0.265 e. The number of ether oxygens (including phenoxy) is 1. The van der Waals surface area contributed by atoms with Crippen LogP contribution in [-0.4, -0.2) is 20.4 Å². The second-order valence-corrected chi connectivity index (χ2v) is 9.57. The molecule has 0 saturated carbocycles. The van der Waals surface area contributed by atoms with Gasteiger partial charge < -0.3 is 10.1 Å². The van der Waals surface area contributed by atoms with Crippen LogP contribution >= 0.6 is 11.6 Å². The van der Waals surface area contributed by atoms with Crippen LogP contribution in [-0.2, 0) is 21.2 Å². The molecule has 3 aromatic rings. The highest BCUT2D eigenvalue weighted by atomic mass is 35.5. The standard InChI is InChI=1S/C23H21ClN2O4S/c1-14-4-3-5-15(2)22(14)26-31(28,29)19-9-7-18(8-10-19)25-23(27)21-13-16-12-17(24)6-11-20(16)30-21/h3-12,21,26H,13H2,1-2H3,(H,25,27). The summed E-state index contributed by atoms with van der Waals surface area (Å²) in [6, 6.07) is 16.8. The van der Waals surface area contributed by atoms with E-state index in [1.807, 2.05) is 32.0 Å². The summed E-state index contributed by atoms with van der Waals surface area (Å²) in [4.78, 5) is 12.7. The lowest BCUT2D eigenvalue weighted by Gasteiger charge is -2.14. The SMILES string of the molecule is Cc1cccc(C)c1NS(=O)(=O)c1ccc(NC(=O)C2Cc3cc(Cl)ccc3O2)cc1. The van der Waals surface area contributed by atoms with E-state index in [0.29, 0.717) is 28.6 Å². The molecule has 8 heteroatoms. The predicted molar refractivity (Wildman–Crippen MR) is 121 cm³/mol. The summed E-state index contributed by atoms with van der Waals surface area (Å²) < 4.78 is 33.9. The maximum absolute atomic E-state index is 12.8. The van der Waals surface area contributed by atoms with Crippen molar-refractivity contribution in [1.82, 2.24) is 0 Å². The fraction of sp³-hybridized carbons (Fsp3) is 0.174. The molecular weight excluding hydrogens is 436 g/mol. The first-order valence-corrected chi connectivity index (χ1v) is 11.5. The van der Waals surface area contributed by atoms with Crippen molar-refractivity contribution in [2.75, 3.05) is 10.0 Å². The zero-order valence-electron chi connectivity index (χ0n) is 17.0. The number of sulfonamides is 1. The van der Waals surface area contributed by atoms with E-state index in [1.165, 1.54) is 12.1 Å². The first kappa shape index (κ1) is 21.2. The van der Waals surface area contributed by atoms with Crippen LogP contribution in [0.5, 0.6) is 5.75 Å². The summed E-state index contributed by atoms with van der Waals surface area (Å²) in [6.07, 6.45) is -0.240. The highest BCUT2D eigenvalue weighted by molar-refractivity contribution is 7.92. The third-order valence-electron chi connectivity index (χ3n) is 5.14. The van der Waals surface area contributed by atoms with Gasteiger partial charge in [-0.05, 0) is 73.0 Å². The largest absolute Gasteiger partial charge is 0.480 e. The van der Waals surface area contributed by atoms with Gasteiger partial charge in [0.1, 0.15) is 5.75 Å². The van der Waals surface area contributed by atoms with Gasteiger partial charge in [0, 0.05) is 17.1 Å². The second kappa shape index (κ2) is 8.24. The summed E-state index contributed by atoms with van der Waals surface area (Å²) >= 11 is 5.99. The monoisotopic (exact) mass is 456 g/mol. The number of aryl methyl sites for hydroxylation is 2. The summed E-state index contributed by atoms with van der Waals surface area (Å²) in [5.41, 5.74) is 3.61. The molecule has 1 atom stereocenters. The number of halogens is 1. The second-order valence-electron chi connectivity index (χ2n) is 7.45. The van der Waals surface area contributed by atoms with Crippen LogP contribution in [0, 0.1) is 13.8 Å². The molecule has 31 heavy (non-hydrogen) atoms. The van der Waals surface area contributed by atoms with Crippen LogP contribution < -0.4 is 14.8 Å². The van der Waals surface area contributed by atoms with Gasteiger partial charge >= 0.3 is 0 Å². The minimum atomic E-state index is -3.76. The Labute approximate surface area is 186 Å². The van der Waals surface area contributed by atoms with E-state index in [9.17, 15) is 13.2 Å². The van der Waals surface area contributed by atoms with E-state index in [2.05, 4.69) is 10.0 Å². The van der Waals surface area contributed by atoms with Gasteiger partial charge in [-0.2, -0.15) is 0 Å². The molecule has 1 aliphatic rings. The van der Waals surface area contributed by atoms with Crippen molar-refractivity contribution < 1.29 is 17.9 Å². The Morgan fingerprint density at radius 3 is 2.39 bits per heavy atom. The Morgan fingerprint density at radius 1 is 1.03 bits per heavy atom. The van der Waals surface area contributed by atoms with Gasteiger partial charge in [0.2, 0.25) is 0 Å². The Morgan fingerprint density at radius 2 is 1.71 bits per heavy atom. The number of anilines is 2. The molecule has 160 valence electrons.